The Balaban J connectivity index is 1.57. The maximum Gasteiger partial charge on any atom is 0.261 e. The van der Waals surface area contributed by atoms with Crippen molar-refractivity contribution in [2.45, 2.75) is 43.1 Å². The molecule has 1 fully saturated rings. The summed E-state index contributed by atoms with van der Waals surface area (Å²) in [5.41, 5.74) is 0.894. The number of amides is 1. The van der Waals surface area contributed by atoms with Gasteiger partial charge in [0.25, 0.3) is 10.0 Å². The molecule has 1 saturated carbocycles. The Bertz CT molecular complexity index is 863. The highest BCUT2D eigenvalue weighted by Gasteiger charge is 2.16. The third kappa shape index (κ3) is 5.80. The standard InChI is InChI=1S/C20H24N2O4S/c23-20(15-26-18-10-3-1-4-11-18)21-16-8-7-9-17(14-16)22-27(24,25)19-12-5-2-6-13-19/h2,5-9,12-14,18,22H,1,3-4,10-11,15H2,(H,21,23). The number of hydrogen-bond donors (Lipinski definition) is 2. The van der Waals surface area contributed by atoms with Crippen molar-refractivity contribution in [3.8, 4) is 0 Å². The van der Waals surface area contributed by atoms with Gasteiger partial charge in [0.05, 0.1) is 16.7 Å². The molecule has 0 spiro atoms. The van der Waals surface area contributed by atoms with Crippen LogP contribution in [0.4, 0.5) is 11.4 Å². The molecule has 2 aromatic rings. The number of hydrogen-bond acceptors (Lipinski definition) is 4. The van der Waals surface area contributed by atoms with Crippen molar-refractivity contribution in [2.75, 3.05) is 16.6 Å². The molecule has 3 rings (SSSR count). The predicted octanol–water partition coefficient (Wildman–Crippen LogP) is 3.78. The zero-order valence-electron chi connectivity index (χ0n) is 15.1. The normalized spacial score (nSPS) is 15.3. The summed E-state index contributed by atoms with van der Waals surface area (Å²) in [5, 5.41) is 2.75. The fourth-order valence-corrected chi connectivity index (χ4v) is 4.17. The third-order valence-electron chi connectivity index (χ3n) is 4.45. The number of nitrogens with one attached hydrogen (secondary N) is 2. The van der Waals surface area contributed by atoms with Crippen molar-refractivity contribution in [1.29, 1.82) is 0 Å². The van der Waals surface area contributed by atoms with Crippen LogP contribution in [0.2, 0.25) is 0 Å². The summed E-state index contributed by atoms with van der Waals surface area (Å²) in [5.74, 6) is -0.247. The summed E-state index contributed by atoms with van der Waals surface area (Å²) in [6, 6.07) is 14.7. The zero-order chi connectivity index (χ0) is 19.1. The molecule has 1 aliphatic rings. The number of carbonyl (C=O) groups excluding carboxylic acids is 1. The fourth-order valence-electron chi connectivity index (χ4n) is 3.10. The van der Waals surface area contributed by atoms with Gasteiger partial charge in [-0.2, -0.15) is 0 Å². The summed E-state index contributed by atoms with van der Waals surface area (Å²) in [7, 11) is -3.67. The van der Waals surface area contributed by atoms with Crippen LogP contribution >= 0.6 is 0 Å². The van der Waals surface area contributed by atoms with Crippen LogP contribution in [-0.2, 0) is 19.6 Å². The number of benzene rings is 2. The van der Waals surface area contributed by atoms with E-state index in [1.807, 2.05) is 0 Å². The molecule has 0 unspecified atom stereocenters. The number of carbonyl (C=O) groups is 1. The van der Waals surface area contributed by atoms with Gasteiger partial charge in [0.1, 0.15) is 6.61 Å². The SMILES string of the molecule is O=C(COC1CCCCC1)Nc1cccc(NS(=O)(=O)c2ccccc2)c1. The quantitative estimate of drug-likeness (QED) is 0.756. The van der Waals surface area contributed by atoms with E-state index in [1.54, 1.807) is 42.5 Å². The molecular weight excluding hydrogens is 364 g/mol. The second kappa shape index (κ2) is 9.01. The highest BCUT2D eigenvalue weighted by atomic mass is 32.2. The van der Waals surface area contributed by atoms with Gasteiger partial charge in [-0.3, -0.25) is 9.52 Å². The van der Waals surface area contributed by atoms with Gasteiger partial charge in [-0.15, -0.1) is 0 Å². The van der Waals surface area contributed by atoms with Crippen molar-refractivity contribution < 1.29 is 17.9 Å². The van der Waals surface area contributed by atoms with E-state index in [0.29, 0.717) is 11.4 Å². The van der Waals surface area contributed by atoms with Crippen molar-refractivity contribution in [3.63, 3.8) is 0 Å². The second-order valence-electron chi connectivity index (χ2n) is 6.62. The molecule has 0 aliphatic heterocycles. The summed E-state index contributed by atoms with van der Waals surface area (Å²) in [6.07, 6.45) is 5.70. The number of rotatable bonds is 7. The van der Waals surface area contributed by atoms with E-state index in [4.69, 9.17) is 4.74 Å². The lowest BCUT2D eigenvalue weighted by Gasteiger charge is -2.21. The highest BCUT2D eigenvalue weighted by molar-refractivity contribution is 7.92. The number of sulfonamides is 1. The second-order valence-corrected chi connectivity index (χ2v) is 8.30. The average Bonchev–Trinajstić information content (AvgIpc) is 2.68. The van der Waals surface area contributed by atoms with Crippen LogP contribution in [0.25, 0.3) is 0 Å². The van der Waals surface area contributed by atoms with E-state index in [1.165, 1.54) is 18.6 Å². The molecule has 27 heavy (non-hydrogen) atoms. The van der Waals surface area contributed by atoms with Crippen LogP contribution in [0.3, 0.4) is 0 Å². The van der Waals surface area contributed by atoms with Gasteiger partial charge in [-0.05, 0) is 43.2 Å². The van der Waals surface area contributed by atoms with Crippen LogP contribution in [0.1, 0.15) is 32.1 Å². The fraction of sp³-hybridized carbons (Fsp3) is 0.350. The zero-order valence-corrected chi connectivity index (χ0v) is 15.9. The van der Waals surface area contributed by atoms with Crippen LogP contribution in [0.15, 0.2) is 59.5 Å². The van der Waals surface area contributed by atoms with E-state index >= 15 is 0 Å². The first-order valence-electron chi connectivity index (χ1n) is 9.12. The first-order valence-corrected chi connectivity index (χ1v) is 10.6. The monoisotopic (exact) mass is 388 g/mol. The third-order valence-corrected chi connectivity index (χ3v) is 5.85. The van der Waals surface area contributed by atoms with Crippen LogP contribution in [0, 0.1) is 0 Å². The van der Waals surface area contributed by atoms with Gasteiger partial charge < -0.3 is 10.1 Å². The molecule has 2 aromatic carbocycles. The molecule has 0 radical (unpaired) electrons. The van der Waals surface area contributed by atoms with Gasteiger partial charge in [-0.1, -0.05) is 43.5 Å². The largest absolute Gasteiger partial charge is 0.368 e. The van der Waals surface area contributed by atoms with E-state index in [9.17, 15) is 13.2 Å². The van der Waals surface area contributed by atoms with Crippen LogP contribution in [0.5, 0.6) is 0 Å². The minimum Gasteiger partial charge on any atom is -0.368 e. The lowest BCUT2D eigenvalue weighted by Crippen LogP contribution is -2.24. The molecule has 0 bridgehead atoms. The average molecular weight is 388 g/mol. The Kier molecular flexibility index (Phi) is 6.47. The molecule has 0 saturated heterocycles. The van der Waals surface area contributed by atoms with Gasteiger partial charge in [0, 0.05) is 5.69 Å². The highest BCUT2D eigenvalue weighted by Crippen LogP contribution is 2.21. The molecule has 2 N–H and O–H groups in total. The topological polar surface area (TPSA) is 84.5 Å². The Hall–Kier alpha value is -2.38. The number of anilines is 2. The lowest BCUT2D eigenvalue weighted by molar-refractivity contribution is -0.123. The van der Waals surface area contributed by atoms with Gasteiger partial charge in [-0.25, -0.2) is 8.42 Å². The Labute approximate surface area is 160 Å². The van der Waals surface area contributed by atoms with E-state index < -0.39 is 10.0 Å². The van der Waals surface area contributed by atoms with E-state index in [0.717, 1.165) is 25.7 Å². The minimum absolute atomic E-state index is 0.00460. The molecule has 6 nitrogen and oxygen atoms in total. The van der Waals surface area contributed by atoms with E-state index in [-0.39, 0.29) is 23.5 Å². The van der Waals surface area contributed by atoms with Crippen molar-refractivity contribution in [3.05, 3.63) is 54.6 Å². The summed E-state index contributed by atoms with van der Waals surface area (Å²) in [4.78, 5) is 12.3. The lowest BCUT2D eigenvalue weighted by atomic mass is 9.98. The maximum atomic E-state index is 12.4. The predicted molar refractivity (Wildman–Crippen MR) is 105 cm³/mol. The van der Waals surface area contributed by atoms with Crippen molar-refractivity contribution in [2.24, 2.45) is 0 Å². The Morgan fingerprint density at radius 3 is 2.41 bits per heavy atom. The van der Waals surface area contributed by atoms with Gasteiger partial charge >= 0.3 is 0 Å². The van der Waals surface area contributed by atoms with E-state index in [2.05, 4.69) is 10.0 Å². The molecule has 0 aromatic heterocycles. The molecule has 0 heterocycles. The van der Waals surface area contributed by atoms with Gasteiger partial charge in [0.15, 0.2) is 0 Å². The maximum absolute atomic E-state index is 12.4. The Morgan fingerprint density at radius 2 is 1.67 bits per heavy atom. The van der Waals surface area contributed by atoms with Gasteiger partial charge in [0.2, 0.25) is 5.91 Å². The molecule has 1 aliphatic carbocycles. The molecule has 1 amide bonds. The van der Waals surface area contributed by atoms with Crippen LogP contribution < -0.4 is 10.0 Å². The summed E-state index contributed by atoms with van der Waals surface area (Å²) in [6.45, 7) is 0.00460. The first kappa shape index (κ1) is 19.4. The summed E-state index contributed by atoms with van der Waals surface area (Å²) >= 11 is 0. The molecular formula is C20H24N2O4S. The first-order chi connectivity index (χ1) is 13.0. The van der Waals surface area contributed by atoms with Crippen molar-refractivity contribution in [1.82, 2.24) is 0 Å². The molecule has 0 atom stereocenters. The summed E-state index contributed by atoms with van der Waals surface area (Å²) < 4.78 is 33.0. The smallest absolute Gasteiger partial charge is 0.261 e. The minimum atomic E-state index is -3.67. The molecule has 144 valence electrons. The number of ether oxygens (including phenoxy) is 1. The van der Waals surface area contributed by atoms with Crippen LogP contribution in [-0.4, -0.2) is 27.0 Å². The van der Waals surface area contributed by atoms with Crippen molar-refractivity contribution >= 4 is 27.3 Å². The molecule has 7 heteroatoms. The Morgan fingerprint density at radius 1 is 0.963 bits per heavy atom.